The Hall–Kier alpha value is -3.35. The zero-order chi connectivity index (χ0) is 24.8. The van der Waals surface area contributed by atoms with E-state index in [0.717, 1.165) is 30.6 Å². The van der Waals surface area contributed by atoms with Crippen molar-refractivity contribution in [3.05, 3.63) is 59.7 Å². The summed E-state index contributed by atoms with van der Waals surface area (Å²) in [6, 6.07) is 15.0. The first-order chi connectivity index (χ1) is 16.9. The third kappa shape index (κ3) is 6.21. The minimum Gasteiger partial charge on any atom is -0.484 e. The number of para-hydroxylation sites is 1. The van der Waals surface area contributed by atoms with Gasteiger partial charge in [-0.1, -0.05) is 18.2 Å². The second-order valence-corrected chi connectivity index (χ2v) is 9.62. The maximum Gasteiger partial charge on any atom is 0.260 e. The lowest BCUT2D eigenvalue weighted by atomic mass is 9.95. The van der Waals surface area contributed by atoms with Crippen LogP contribution in [-0.4, -0.2) is 59.8 Å². The molecule has 2 aromatic carbocycles. The summed E-state index contributed by atoms with van der Waals surface area (Å²) in [6.45, 7) is 5.90. The SMILES string of the molecule is Cc1cc(C(=O)N2CCCCC2C)ccc1NC(=O)C1CCN(C(=O)COc2ccccc2)CC1. The van der Waals surface area contributed by atoms with Crippen LogP contribution in [0, 0.1) is 12.8 Å². The van der Waals surface area contributed by atoms with E-state index >= 15 is 0 Å². The van der Waals surface area contributed by atoms with Gasteiger partial charge in [-0.2, -0.15) is 0 Å². The average molecular weight is 478 g/mol. The van der Waals surface area contributed by atoms with Gasteiger partial charge in [0.15, 0.2) is 6.61 Å². The summed E-state index contributed by atoms with van der Waals surface area (Å²) < 4.78 is 5.56. The molecule has 0 aromatic heterocycles. The quantitative estimate of drug-likeness (QED) is 0.674. The molecule has 0 radical (unpaired) electrons. The van der Waals surface area contributed by atoms with Gasteiger partial charge in [-0.05, 0) is 81.8 Å². The Kier molecular flexibility index (Phi) is 8.06. The number of likely N-dealkylation sites (tertiary alicyclic amines) is 2. The standard InChI is InChI=1S/C28H35N3O4/c1-20-18-23(28(34)31-15-7-6-8-21(31)2)11-12-25(20)29-27(33)22-13-16-30(17-14-22)26(32)19-35-24-9-4-3-5-10-24/h3-5,9-12,18,21-22H,6-8,13-17,19H2,1-2H3,(H,29,33). The molecule has 0 spiro atoms. The molecule has 7 heteroatoms. The third-order valence-corrected chi connectivity index (χ3v) is 7.12. The van der Waals surface area contributed by atoms with Crippen molar-refractivity contribution in [2.45, 2.75) is 52.0 Å². The fourth-order valence-electron chi connectivity index (χ4n) is 4.88. The van der Waals surface area contributed by atoms with Crippen molar-refractivity contribution in [3.8, 4) is 5.75 Å². The van der Waals surface area contributed by atoms with Crippen LogP contribution in [0.15, 0.2) is 48.5 Å². The van der Waals surface area contributed by atoms with E-state index in [-0.39, 0.29) is 36.3 Å². The van der Waals surface area contributed by atoms with Gasteiger partial charge in [0.1, 0.15) is 5.75 Å². The van der Waals surface area contributed by atoms with Gasteiger partial charge in [-0.25, -0.2) is 0 Å². The maximum absolute atomic E-state index is 13.0. The van der Waals surface area contributed by atoms with E-state index in [1.807, 2.05) is 54.3 Å². The molecule has 3 amide bonds. The van der Waals surface area contributed by atoms with Gasteiger partial charge in [0.25, 0.3) is 11.8 Å². The topological polar surface area (TPSA) is 79.0 Å². The molecule has 2 saturated heterocycles. The first kappa shape index (κ1) is 24.8. The van der Waals surface area contributed by atoms with E-state index in [1.54, 1.807) is 11.0 Å². The molecule has 4 rings (SSSR count). The van der Waals surface area contributed by atoms with Crippen LogP contribution in [0.25, 0.3) is 0 Å². The lowest BCUT2D eigenvalue weighted by Gasteiger charge is -2.33. The normalized spacial score (nSPS) is 18.7. The summed E-state index contributed by atoms with van der Waals surface area (Å²) in [5.74, 6) is 0.482. The van der Waals surface area contributed by atoms with Crippen LogP contribution in [0.3, 0.4) is 0 Å². The predicted octanol–water partition coefficient (Wildman–Crippen LogP) is 4.27. The summed E-state index contributed by atoms with van der Waals surface area (Å²) in [5, 5.41) is 3.03. The summed E-state index contributed by atoms with van der Waals surface area (Å²) >= 11 is 0. The zero-order valence-corrected chi connectivity index (χ0v) is 20.7. The number of aryl methyl sites for hydroxylation is 1. The van der Waals surface area contributed by atoms with Crippen LogP contribution in [0.2, 0.25) is 0 Å². The smallest absolute Gasteiger partial charge is 0.260 e. The molecule has 2 aromatic rings. The van der Waals surface area contributed by atoms with E-state index in [1.165, 1.54) is 6.42 Å². The molecular formula is C28H35N3O4. The monoisotopic (exact) mass is 477 g/mol. The largest absolute Gasteiger partial charge is 0.484 e. The van der Waals surface area contributed by atoms with Gasteiger partial charge in [-0.15, -0.1) is 0 Å². The third-order valence-electron chi connectivity index (χ3n) is 7.12. The molecule has 0 aliphatic carbocycles. The van der Waals surface area contributed by atoms with E-state index in [9.17, 15) is 14.4 Å². The van der Waals surface area contributed by atoms with Gasteiger partial charge < -0.3 is 19.9 Å². The second-order valence-electron chi connectivity index (χ2n) is 9.62. The molecule has 0 bridgehead atoms. The average Bonchev–Trinajstić information content (AvgIpc) is 2.89. The minimum atomic E-state index is -0.149. The Bertz CT molecular complexity index is 1050. The lowest BCUT2D eigenvalue weighted by molar-refractivity contribution is -0.136. The van der Waals surface area contributed by atoms with Crippen LogP contribution in [0.1, 0.15) is 54.9 Å². The summed E-state index contributed by atoms with van der Waals surface area (Å²) in [5.41, 5.74) is 2.27. The van der Waals surface area contributed by atoms with Crippen molar-refractivity contribution in [3.63, 3.8) is 0 Å². The van der Waals surface area contributed by atoms with E-state index in [0.29, 0.717) is 37.2 Å². The number of benzene rings is 2. The fraction of sp³-hybridized carbons (Fsp3) is 0.464. The molecule has 2 heterocycles. The number of carbonyl (C=O) groups excluding carboxylic acids is 3. The van der Waals surface area contributed by atoms with Crippen molar-refractivity contribution >= 4 is 23.4 Å². The van der Waals surface area contributed by atoms with Gasteiger partial charge in [0.2, 0.25) is 5.91 Å². The zero-order valence-electron chi connectivity index (χ0n) is 20.7. The molecule has 1 atom stereocenters. The summed E-state index contributed by atoms with van der Waals surface area (Å²) in [6.07, 6.45) is 4.50. The number of anilines is 1. The van der Waals surface area contributed by atoms with Gasteiger partial charge >= 0.3 is 0 Å². The van der Waals surface area contributed by atoms with E-state index in [4.69, 9.17) is 4.74 Å². The highest BCUT2D eigenvalue weighted by Crippen LogP contribution is 2.24. The Morgan fingerprint density at radius 3 is 2.40 bits per heavy atom. The molecule has 2 aliphatic heterocycles. The number of nitrogens with zero attached hydrogens (tertiary/aromatic N) is 2. The van der Waals surface area contributed by atoms with Crippen LogP contribution < -0.4 is 10.1 Å². The summed E-state index contributed by atoms with van der Waals surface area (Å²) in [7, 11) is 0. The predicted molar refractivity (Wildman–Crippen MR) is 135 cm³/mol. The van der Waals surface area contributed by atoms with Crippen molar-refractivity contribution in [2.75, 3.05) is 31.6 Å². The van der Waals surface area contributed by atoms with Gasteiger partial charge in [-0.3, -0.25) is 14.4 Å². The van der Waals surface area contributed by atoms with Crippen molar-refractivity contribution < 1.29 is 19.1 Å². The highest BCUT2D eigenvalue weighted by atomic mass is 16.5. The number of hydrogen-bond donors (Lipinski definition) is 1. The molecule has 1 unspecified atom stereocenters. The number of hydrogen-bond acceptors (Lipinski definition) is 4. The number of nitrogens with one attached hydrogen (secondary N) is 1. The Balaban J connectivity index is 1.27. The molecular weight excluding hydrogens is 442 g/mol. The number of amides is 3. The fourth-order valence-corrected chi connectivity index (χ4v) is 4.88. The lowest BCUT2D eigenvalue weighted by Crippen LogP contribution is -2.43. The molecule has 1 N–H and O–H groups in total. The van der Waals surface area contributed by atoms with Gasteiger partial charge in [0.05, 0.1) is 0 Å². The van der Waals surface area contributed by atoms with E-state index < -0.39 is 0 Å². The first-order valence-electron chi connectivity index (χ1n) is 12.6. The molecule has 2 aliphatic rings. The maximum atomic E-state index is 13.0. The van der Waals surface area contributed by atoms with Crippen LogP contribution >= 0.6 is 0 Å². The molecule has 7 nitrogen and oxygen atoms in total. The molecule has 35 heavy (non-hydrogen) atoms. The number of rotatable bonds is 6. The summed E-state index contributed by atoms with van der Waals surface area (Å²) in [4.78, 5) is 42.0. The molecule has 0 saturated carbocycles. The highest BCUT2D eigenvalue weighted by Gasteiger charge is 2.28. The van der Waals surface area contributed by atoms with Gasteiger partial charge in [0, 0.05) is 42.8 Å². The van der Waals surface area contributed by atoms with Crippen molar-refractivity contribution in [1.82, 2.24) is 9.80 Å². The molecule has 2 fully saturated rings. The number of piperidine rings is 2. The first-order valence-corrected chi connectivity index (χ1v) is 12.6. The van der Waals surface area contributed by atoms with E-state index in [2.05, 4.69) is 12.2 Å². The number of ether oxygens (including phenoxy) is 1. The van der Waals surface area contributed by atoms with Crippen LogP contribution in [-0.2, 0) is 9.59 Å². The second kappa shape index (κ2) is 11.4. The molecule has 186 valence electrons. The van der Waals surface area contributed by atoms with Crippen LogP contribution in [0.5, 0.6) is 5.75 Å². The van der Waals surface area contributed by atoms with Crippen molar-refractivity contribution in [1.29, 1.82) is 0 Å². The number of carbonyl (C=O) groups is 3. The Labute approximate surface area is 207 Å². The highest BCUT2D eigenvalue weighted by molar-refractivity contribution is 5.97. The van der Waals surface area contributed by atoms with Crippen molar-refractivity contribution in [2.24, 2.45) is 5.92 Å². The Morgan fingerprint density at radius 1 is 0.971 bits per heavy atom. The van der Waals surface area contributed by atoms with Crippen LogP contribution in [0.4, 0.5) is 5.69 Å². The Morgan fingerprint density at radius 2 is 1.71 bits per heavy atom. The minimum absolute atomic E-state index is 0.00134.